The molecule has 0 unspecified atom stereocenters. The molecular weight excluding hydrogens is 260 g/mol. The van der Waals surface area contributed by atoms with E-state index < -0.39 is 29.2 Å². The fraction of sp³-hybridized carbons (Fsp3) is 0.154. The standard InChI is InChI=1S/C13H10F4N2/c1-7-4-2-3-5-8(7)6-18-11-9(14)12(16)19-13(17)10(11)15/h2-5H,6H2,1H3,(H,18,19). The third kappa shape index (κ3) is 2.67. The number of nitrogens with zero attached hydrogens (tertiary/aromatic N) is 1. The van der Waals surface area contributed by atoms with Gasteiger partial charge in [-0.1, -0.05) is 24.3 Å². The molecule has 0 radical (unpaired) electrons. The average Bonchev–Trinajstić information content (AvgIpc) is 2.38. The molecule has 0 aliphatic heterocycles. The van der Waals surface area contributed by atoms with Crippen LogP contribution < -0.4 is 5.32 Å². The molecule has 0 spiro atoms. The number of nitrogens with one attached hydrogen (secondary N) is 1. The van der Waals surface area contributed by atoms with Crippen LogP contribution in [0.4, 0.5) is 23.2 Å². The minimum atomic E-state index is -1.67. The Bertz CT molecular complexity index is 588. The largest absolute Gasteiger partial charge is 0.376 e. The van der Waals surface area contributed by atoms with Gasteiger partial charge >= 0.3 is 0 Å². The Kier molecular flexibility index (Phi) is 3.69. The van der Waals surface area contributed by atoms with E-state index in [0.717, 1.165) is 11.1 Å². The lowest BCUT2D eigenvalue weighted by Gasteiger charge is -2.11. The maximum absolute atomic E-state index is 13.3. The number of pyridine rings is 1. The average molecular weight is 270 g/mol. The van der Waals surface area contributed by atoms with Crippen molar-refractivity contribution in [3.8, 4) is 0 Å². The van der Waals surface area contributed by atoms with Gasteiger partial charge in [-0.15, -0.1) is 0 Å². The molecule has 0 atom stereocenters. The summed E-state index contributed by atoms with van der Waals surface area (Å²) in [6.45, 7) is 1.86. The van der Waals surface area contributed by atoms with Gasteiger partial charge in [-0.2, -0.15) is 22.5 Å². The van der Waals surface area contributed by atoms with E-state index in [1.54, 1.807) is 12.1 Å². The van der Waals surface area contributed by atoms with Gasteiger partial charge in [0.15, 0.2) is 0 Å². The Labute approximate surface area is 107 Å². The first-order valence-electron chi connectivity index (χ1n) is 5.49. The Morgan fingerprint density at radius 2 is 1.58 bits per heavy atom. The monoisotopic (exact) mass is 270 g/mol. The molecule has 2 nitrogen and oxygen atoms in total. The first-order valence-corrected chi connectivity index (χ1v) is 5.49. The molecule has 0 amide bonds. The summed E-state index contributed by atoms with van der Waals surface area (Å²) in [5.74, 6) is -6.42. The summed E-state index contributed by atoms with van der Waals surface area (Å²) in [6, 6.07) is 7.12. The van der Waals surface area contributed by atoms with Gasteiger partial charge in [-0.25, -0.2) is 0 Å². The van der Waals surface area contributed by atoms with Crippen molar-refractivity contribution in [2.24, 2.45) is 0 Å². The molecule has 0 fully saturated rings. The van der Waals surface area contributed by atoms with Gasteiger partial charge in [0.05, 0.1) is 0 Å². The molecule has 0 saturated carbocycles. The summed E-state index contributed by atoms with van der Waals surface area (Å²) in [7, 11) is 0. The van der Waals surface area contributed by atoms with E-state index in [-0.39, 0.29) is 6.54 Å². The second-order valence-corrected chi connectivity index (χ2v) is 3.98. The second kappa shape index (κ2) is 5.26. The van der Waals surface area contributed by atoms with Crippen molar-refractivity contribution in [2.75, 3.05) is 5.32 Å². The van der Waals surface area contributed by atoms with Gasteiger partial charge in [0.25, 0.3) is 11.9 Å². The highest BCUT2D eigenvalue weighted by atomic mass is 19.2. The maximum Gasteiger partial charge on any atom is 0.253 e. The topological polar surface area (TPSA) is 24.9 Å². The van der Waals surface area contributed by atoms with Gasteiger partial charge in [-0.3, -0.25) is 0 Å². The molecule has 6 heteroatoms. The zero-order chi connectivity index (χ0) is 14.0. The lowest BCUT2D eigenvalue weighted by molar-refractivity contribution is 0.410. The third-order valence-corrected chi connectivity index (χ3v) is 2.71. The van der Waals surface area contributed by atoms with Crippen molar-refractivity contribution < 1.29 is 17.6 Å². The molecule has 0 saturated heterocycles. The van der Waals surface area contributed by atoms with E-state index >= 15 is 0 Å². The highest BCUT2D eigenvalue weighted by Crippen LogP contribution is 2.23. The van der Waals surface area contributed by atoms with Crippen molar-refractivity contribution in [1.82, 2.24) is 4.98 Å². The SMILES string of the molecule is Cc1ccccc1CNc1c(F)c(F)nc(F)c1F. The summed E-state index contributed by atoms with van der Waals surface area (Å²) in [4.78, 5) is 2.48. The lowest BCUT2D eigenvalue weighted by Crippen LogP contribution is -2.09. The Balaban J connectivity index is 2.28. The first-order chi connectivity index (χ1) is 9.00. The Morgan fingerprint density at radius 1 is 1.00 bits per heavy atom. The fourth-order valence-corrected chi connectivity index (χ4v) is 1.63. The van der Waals surface area contributed by atoms with Gasteiger partial charge in [0.1, 0.15) is 5.69 Å². The molecule has 19 heavy (non-hydrogen) atoms. The van der Waals surface area contributed by atoms with Crippen LogP contribution in [0.5, 0.6) is 0 Å². The van der Waals surface area contributed by atoms with E-state index in [4.69, 9.17) is 0 Å². The summed E-state index contributed by atoms with van der Waals surface area (Å²) in [6.07, 6.45) is 0. The zero-order valence-corrected chi connectivity index (χ0v) is 9.98. The summed E-state index contributed by atoms with van der Waals surface area (Å²) < 4.78 is 52.5. The minimum absolute atomic E-state index is 0.0450. The van der Waals surface area contributed by atoms with Crippen LogP contribution in [0.15, 0.2) is 24.3 Å². The highest BCUT2D eigenvalue weighted by molar-refractivity contribution is 5.46. The van der Waals surface area contributed by atoms with Gasteiger partial charge in [0, 0.05) is 6.54 Å². The molecule has 0 aliphatic rings. The number of rotatable bonds is 3. The molecule has 0 bridgehead atoms. The third-order valence-electron chi connectivity index (χ3n) is 2.71. The molecule has 100 valence electrons. The van der Waals surface area contributed by atoms with E-state index in [1.807, 2.05) is 19.1 Å². The second-order valence-electron chi connectivity index (χ2n) is 3.98. The van der Waals surface area contributed by atoms with Crippen LogP contribution in [0.2, 0.25) is 0 Å². The van der Waals surface area contributed by atoms with Gasteiger partial charge < -0.3 is 5.32 Å². The van der Waals surface area contributed by atoms with Crippen molar-refractivity contribution in [2.45, 2.75) is 13.5 Å². The lowest BCUT2D eigenvalue weighted by atomic mass is 10.1. The predicted molar refractivity (Wildman–Crippen MR) is 62.6 cm³/mol. The van der Waals surface area contributed by atoms with Crippen LogP contribution in [0.25, 0.3) is 0 Å². The van der Waals surface area contributed by atoms with Crippen molar-refractivity contribution >= 4 is 5.69 Å². The number of anilines is 1. The molecule has 1 aromatic carbocycles. The summed E-state index contributed by atoms with van der Waals surface area (Å²) >= 11 is 0. The molecule has 1 N–H and O–H groups in total. The molecule has 1 heterocycles. The number of hydrogen-bond donors (Lipinski definition) is 1. The Hall–Kier alpha value is -2.11. The van der Waals surface area contributed by atoms with E-state index in [0.29, 0.717) is 0 Å². The highest BCUT2D eigenvalue weighted by Gasteiger charge is 2.20. The van der Waals surface area contributed by atoms with Crippen LogP contribution in [-0.2, 0) is 6.54 Å². The van der Waals surface area contributed by atoms with Crippen LogP contribution in [0, 0.1) is 30.5 Å². The minimum Gasteiger partial charge on any atom is -0.376 e. The normalized spacial score (nSPS) is 10.6. The fourth-order valence-electron chi connectivity index (χ4n) is 1.63. The van der Waals surface area contributed by atoms with Crippen LogP contribution in [-0.4, -0.2) is 4.98 Å². The molecule has 2 rings (SSSR count). The van der Waals surface area contributed by atoms with E-state index in [2.05, 4.69) is 10.3 Å². The Morgan fingerprint density at radius 3 is 2.16 bits per heavy atom. The van der Waals surface area contributed by atoms with Gasteiger partial charge in [0.2, 0.25) is 11.6 Å². The predicted octanol–water partition coefficient (Wildman–Crippen LogP) is 3.56. The quantitative estimate of drug-likeness (QED) is 0.681. The first kappa shape index (κ1) is 13.3. The van der Waals surface area contributed by atoms with Crippen molar-refractivity contribution in [1.29, 1.82) is 0 Å². The van der Waals surface area contributed by atoms with Crippen molar-refractivity contribution in [3.63, 3.8) is 0 Å². The van der Waals surface area contributed by atoms with E-state index in [1.165, 1.54) is 0 Å². The number of aryl methyl sites for hydroxylation is 1. The van der Waals surface area contributed by atoms with Crippen LogP contribution in [0.3, 0.4) is 0 Å². The number of hydrogen-bond acceptors (Lipinski definition) is 2. The van der Waals surface area contributed by atoms with Crippen molar-refractivity contribution in [3.05, 3.63) is 58.9 Å². The van der Waals surface area contributed by atoms with E-state index in [9.17, 15) is 17.6 Å². The molecule has 2 aromatic rings. The maximum atomic E-state index is 13.3. The smallest absolute Gasteiger partial charge is 0.253 e. The van der Waals surface area contributed by atoms with Crippen LogP contribution in [0.1, 0.15) is 11.1 Å². The molecule has 1 aromatic heterocycles. The van der Waals surface area contributed by atoms with Crippen LogP contribution >= 0.6 is 0 Å². The molecule has 0 aliphatic carbocycles. The molecular formula is C13H10F4N2. The number of aromatic nitrogens is 1. The number of benzene rings is 1. The number of halogens is 4. The summed E-state index contributed by atoms with van der Waals surface area (Å²) in [5, 5.41) is 2.35. The zero-order valence-electron chi connectivity index (χ0n) is 9.98. The van der Waals surface area contributed by atoms with Gasteiger partial charge in [-0.05, 0) is 18.1 Å². The summed E-state index contributed by atoms with van der Waals surface area (Å²) in [5.41, 5.74) is 0.804.